The highest BCUT2D eigenvalue weighted by molar-refractivity contribution is 5.52. The number of nitrogens with zero attached hydrogens (tertiary/aromatic N) is 1. The monoisotopic (exact) mass is 181 g/mol. The lowest BCUT2D eigenvalue weighted by atomic mass is 10.2. The van der Waals surface area contributed by atoms with E-state index >= 15 is 0 Å². The van der Waals surface area contributed by atoms with Gasteiger partial charge in [0.1, 0.15) is 6.23 Å². The van der Waals surface area contributed by atoms with Crippen LogP contribution in [0.4, 0.5) is 11.4 Å². The standard InChI is InChI=1S/C9H15N3O/c1-12(6-9(11)13)8-4-2-7(10)3-5-8/h2-5,9,13H,6,10-11H2,1H3. The van der Waals surface area contributed by atoms with E-state index in [9.17, 15) is 0 Å². The van der Waals surface area contributed by atoms with Crippen molar-refractivity contribution in [1.82, 2.24) is 0 Å². The zero-order valence-electron chi connectivity index (χ0n) is 7.64. The number of rotatable bonds is 3. The molecule has 1 aromatic carbocycles. The molecule has 0 spiro atoms. The van der Waals surface area contributed by atoms with Crippen molar-refractivity contribution in [3.63, 3.8) is 0 Å². The van der Waals surface area contributed by atoms with Crippen molar-refractivity contribution in [2.24, 2.45) is 5.73 Å². The van der Waals surface area contributed by atoms with Crippen LogP contribution in [0.1, 0.15) is 0 Å². The highest BCUT2D eigenvalue weighted by Gasteiger charge is 2.03. The molecule has 5 N–H and O–H groups in total. The van der Waals surface area contributed by atoms with Gasteiger partial charge in [-0.2, -0.15) is 0 Å². The van der Waals surface area contributed by atoms with Crippen molar-refractivity contribution < 1.29 is 5.11 Å². The van der Waals surface area contributed by atoms with Crippen LogP contribution in [0.5, 0.6) is 0 Å². The van der Waals surface area contributed by atoms with Crippen molar-refractivity contribution >= 4 is 11.4 Å². The number of nitrogen functional groups attached to an aromatic ring is 1. The van der Waals surface area contributed by atoms with Gasteiger partial charge in [-0.25, -0.2) is 0 Å². The summed E-state index contributed by atoms with van der Waals surface area (Å²) in [6.07, 6.45) is -0.817. The van der Waals surface area contributed by atoms with Crippen molar-refractivity contribution in [2.75, 3.05) is 24.2 Å². The third-order valence-corrected chi connectivity index (χ3v) is 1.79. The fourth-order valence-electron chi connectivity index (χ4n) is 1.11. The second-order valence-corrected chi connectivity index (χ2v) is 3.04. The molecule has 1 aromatic rings. The molecule has 0 bridgehead atoms. The molecule has 4 heteroatoms. The lowest BCUT2D eigenvalue weighted by Crippen LogP contribution is -2.34. The van der Waals surface area contributed by atoms with E-state index in [1.54, 1.807) is 0 Å². The summed E-state index contributed by atoms with van der Waals surface area (Å²) in [6.45, 7) is 0.407. The predicted octanol–water partition coefficient (Wildman–Crippen LogP) is -0.0179. The van der Waals surface area contributed by atoms with Crippen molar-refractivity contribution in [3.8, 4) is 0 Å². The maximum atomic E-state index is 8.95. The van der Waals surface area contributed by atoms with Gasteiger partial charge in [0.15, 0.2) is 0 Å². The van der Waals surface area contributed by atoms with Crippen LogP contribution in [0.15, 0.2) is 24.3 Å². The molecule has 0 aliphatic rings. The largest absolute Gasteiger partial charge is 0.399 e. The molecule has 0 fully saturated rings. The number of aliphatic hydroxyl groups is 1. The number of anilines is 2. The Labute approximate surface area is 77.8 Å². The van der Waals surface area contributed by atoms with E-state index in [1.165, 1.54) is 0 Å². The smallest absolute Gasteiger partial charge is 0.120 e. The summed E-state index contributed by atoms with van der Waals surface area (Å²) in [5.74, 6) is 0. The summed E-state index contributed by atoms with van der Waals surface area (Å²) in [4.78, 5) is 1.87. The van der Waals surface area contributed by atoms with Crippen molar-refractivity contribution in [3.05, 3.63) is 24.3 Å². The normalized spacial score (nSPS) is 12.5. The van der Waals surface area contributed by atoms with Gasteiger partial charge in [-0.15, -0.1) is 0 Å². The Kier molecular flexibility index (Phi) is 3.11. The average Bonchev–Trinajstić information content (AvgIpc) is 2.04. The lowest BCUT2D eigenvalue weighted by molar-refractivity contribution is 0.189. The van der Waals surface area contributed by atoms with Gasteiger partial charge in [0, 0.05) is 18.4 Å². The van der Waals surface area contributed by atoms with Crippen molar-refractivity contribution in [2.45, 2.75) is 6.23 Å². The van der Waals surface area contributed by atoms with Crippen LogP contribution in [0.3, 0.4) is 0 Å². The molecule has 0 saturated heterocycles. The second kappa shape index (κ2) is 4.11. The first-order valence-corrected chi connectivity index (χ1v) is 4.10. The minimum atomic E-state index is -0.817. The Morgan fingerprint density at radius 3 is 2.38 bits per heavy atom. The Morgan fingerprint density at radius 1 is 1.38 bits per heavy atom. The number of nitrogens with two attached hydrogens (primary N) is 2. The first kappa shape index (κ1) is 9.83. The quantitative estimate of drug-likeness (QED) is 0.452. The second-order valence-electron chi connectivity index (χ2n) is 3.04. The summed E-state index contributed by atoms with van der Waals surface area (Å²) in [6, 6.07) is 7.40. The Balaban J connectivity index is 2.66. The minimum Gasteiger partial charge on any atom is -0.399 e. The van der Waals surface area contributed by atoms with Crippen LogP contribution in [0.25, 0.3) is 0 Å². The number of benzene rings is 1. The highest BCUT2D eigenvalue weighted by Crippen LogP contribution is 2.14. The van der Waals surface area contributed by atoms with Gasteiger partial charge in [-0.1, -0.05) is 0 Å². The molecular formula is C9H15N3O. The molecule has 0 aromatic heterocycles. The molecule has 1 rings (SSSR count). The van der Waals surface area contributed by atoms with E-state index in [0.29, 0.717) is 6.54 Å². The summed E-state index contributed by atoms with van der Waals surface area (Å²) >= 11 is 0. The summed E-state index contributed by atoms with van der Waals surface area (Å²) in [7, 11) is 1.86. The summed E-state index contributed by atoms with van der Waals surface area (Å²) < 4.78 is 0. The molecule has 0 heterocycles. The van der Waals surface area contributed by atoms with E-state index in [4.69, 9.17) is 16.6 Å². The Hall–Kier alpha value is -1.26. The van der Waals surface area contributed by atoms with Gasteiger partial charge < -0.3 is 21.5 Å². The number of hydrogen-bond donors (Lipinski definition) is 3. The molecule has 0 aliphatic heterocycles. The van der Waals surface area contributed by atoms with Gasteiger partial charge in [-0.3, -0.25) is 0 Å². The number of likely N-dealkylation sites (N-methyl/N-ethyl adjacent to an activating group) is 1. The first-order chi connectivity index (χ1) is 6.09. The summed E-state index contributed by atoms with van der Waals surface area (Å²) in [5.41, 5.74) is 12.5. The average molecular weight is 181 g/mol. The molecule has 1 unspecified atom stereocenters. The van der Waals surface area contributed by atoms with Gasteiger partial charge >= 0.3 is 0 Å². The van der Waals surface area contributed by atoms with E-state index < -0.39 is 6.23 Å². The van der Waals surface area contributed by atoms with Crippen LogP contribution in [-0.2, 0) is 0 Å². The molecule has 0 aliphatic carbocycles. The number of aliphatic hydroxyl groups excluding tert-OH is 1. The van der Waals surface area contributed by atoms with Crippen LogP contribution < -0.4 is 16.4 Å². The zero-order valence-corrected chi connectivity index (χ0v) is 7.64. The fraction of sp³-hybridized carbons (Fsp3) is 0.333. The highest BCUT2D eigenvalue weighted by atomic mass is 16.3. The third kappa shape index (κ3) is 2.93. The minimum absolute atomic E-state index is 0.407. The maximum Gasteiger partial charge on any atom is 0.120 e. The molecule has 13 heavy (non-hydrogen) atoms. The molecule has 1 atom stereocenters. The summed E-state index contributed by atoms with van der Waals surface area (Å²) in [5, 5.41) is 8.95. The molecule has 72 valence electrons. The van der Waals surface area contributed by atoms with E-state index in [2.05, 4.69) is 0 Å². The zero-order chi connectivity index (χ0) is 9.84. The molecule has 0 saturated carbocycles. The molecule has 0 amide bonds. The molecule has 4 nitrogen and oxygen atoms in total. The van der Waals surface area contributed by atoms with E-state index in [1.807, 2.05) is 36.2 Å². The maximum absolute atomic E-state index is 8.95. The third-order valence-electron chi connectivity index (χ3n) is 1.79. The van der Waals surface area contributed by atoms with Gasteiger partial charge in [0.25, 0.3) is 0 Å². The molecular weight excluding hydrogens is 166 g/mol. The van der Waals surface area contributed by atoms with Crippen molar-refractivity contribution in [1.29, 1.82) is 0 Å². The molecule has 0 radical (unpaired) electrons. The lowest BCUT2D eigenvalue weighted by Gasteiger charge is -2.20. The van der Waals surface area contributed by atoms with Crippen LogP contribution in [0.2, 0.25) is 0 Å². The van der Waals surface area contributed by atoms with E-state index in [-0.39, 0.29) is 0 Å². The van der Waals surface area contributed by atoms with Crippen LogP contribution in [-0.4, -0.2) is 24.9 Å². The van der Waals surface area contributed by atoms with Gasteiger partial charge in [0.05, 0.1) is 6.54 Å². The SMILES string of the molecule is CN(CC(N)O)c1ccc(N)cc1. The Morgan fingerprint density at radius 2 is 1.92 bits per heavy atom. The predicted molar refractivity (Wildman–Crippen MR) is 54.3 cm³/mol. The number of hydrogen-bond acceptors (Lipinski definition) is 4. The van der Waals surface area contributed by atoms with E-state index in [0.717, 1.165) is 11.4 Å². The van der Waals surface area contributed by atoms with Crippen LogP contribution >= 0.6 is 0 Å². The van der Waals surface area contributed by atoms with Gasteiger partial charge in [-0.05, 0) is 24.3 Å². The first-order valence-electron chi connectivity index (χ1n) is 4.10. The van der Waals surface area contributed by atoms with Gasteiger partial charge in [0.2, 0.25) is 0 Å². The topological polar surface area (TPSA) is 75.5 Å². The Bertz CT molecular complexity index is 258. The fourth-order valence-corrected chi connectivity index (χ4v) is 1.11. The van der Waals surface area contributed by atoms with Crippen LogP contribution in [0, 0.1) is 0 Å².